The average molecular weight is 311 g/mol. The van der Waals surface area contributed by atoms with Gasteiger partial charge in [-0.2, -0.15) is 0 Å². The molecule has 1 fully saturated rings. The number of halogens is 1. The van der Waals surface area contributed by atoms with E-state index in [2.05, 4.69) is 0 Å². The Balaban J connectivity index is 1.78. The zero-order chi connectivity index (χ0) is 15.1. The van der Waals surface area contributed by atoms with Crippen LogP contribution in [0.1, 0.15) is 5.56 Å². The molecule has 1 aliphatic rings. The van der Waals surface area contributed by atoms with Crippen molar-refractivity contribution in [2.75, 3.05) is 38.7 Å². The van der Waals surface area contributed by atoms with E-state index in [1.165, 1.54) is 0 Å². The summed E-state index contributed by atoms with van der Waals surface area (Å²) in [5.41, 5.74) is 1.01. The number of hydrogen-bond acceptors (Lipinski definition) is 3. The summed E-state index contributed by atoms with van der Waals surface area (Å²) in [5, 5.41) is 0. The third kappa shape index (κ3) is 4.63. The molecule has 1 saturated heterocycles. The van der Waals surface area contributed by atoms with Gasteiger partial charge in [0.2, 0.25) is 5.91 Å². The van der Waals surface area contributed by atoms with Crippen molar-refractivity contribution >= 4 is 23.6 Å². The van der Waals surface area contributed by atoms with Crippen LogP contribution in [0.3, 0.4) is 0 Å². The maximum absolute atomic E-state index is 12.2. The standard InChI is InChI=1S/C15H19ClN2O3/c16-6-11-21-15(20)18-9-7-17(8-10-18)14(19)12-13-4-2-1-3-5-13/h1-5H,6-12H2. The van der Waals surface area contributed by atoms with Crippen LogP contribution >= 0.6 is 11.6 Å². The van der Waals surface area contributed by atoms with E-state index in [0.717, 1.165) is 5.56 Å². The van der Waals surface area contributed by atoms with Gasteiger partial charge in [0.05, 0.1) is 12.3 Å². The number of nitrogens with zero attached hydrogens (tertiary/aromatic N) is 2. The maximum Gasteiger partial charge on any atom is 0.409 e. The minimum Gasteiger partial charge on any atom is -0.448 e. The van der Waals surface area contributed by atoms with Crippen LogP contribution in [-0.4, -0.2) is 60.5 Å². The average Bonchev–Trinajstić information content (AvgIpc) is 2.53. The fourth-order valence-electron chi connectivity index (χ4n) is 2.24. The van der Waals surface area contributed by atoms with E-state index in [1.807, 2.05) is 30.3 Å². The highest BCUT2D eigenvalue weighted by Gasteiger charge is 2.24. The molecule has 0 N–H and O–H groups in total. The summed E-state index contributed by atoms with van der Waals surface area (Å²) in [6, 6.07) is 9.66. The first kappa shape index (κ1) is 15.6. The van der Waals surface area contributed by atoms with E-state index in [-0.39, 0.29) is 18.6 Å². The van der Waals surface area contributed by atoms with Gasteiger partial charge in [0.1, 0.15) is 6.61 Å². The van der Waals surface area contributed by atoms with Crippen LogP contribution in [0.5, 0.6) is 0 Å². The molecule has 114 valence electrons. The van der Waals surface area contributed by atoms with Crippen molar-refractivity contribution in [2.24, 2.45) is 0 Å². The molecule has 0 aliphatic carbocycles. The highest BCUT2D eigenvalue weighted by molar-refractivity contribution is 6.18. The topological polar surface area (TPSA) is 49.9 Å². The minimum atomic E-state index is -0.356. The van der Waals surface area contributed by atoms with Gasteiger partial charge >= 0.3 is 6.09 Å². The van der Waals surface area contributed by atoms with Crippen molar-refractivity contribution in [3.8, 4) is 0 Å². The van der Waals surface area contributed by atoms with Gasteiger partial charge in [-0.25, -0.2) is 4.79 Å². The summed E-state index contributed by atoms with van der Waals surface area (Å²) in [7, 11) is 0. The second-order valence-corrected chi connectivity index (χ2v) is 5.21. The Morgan fingerprint density at radius 3 is 2.29 bits per heavy atom. The monoisotopic (exact) mass is 310 g/mol. The molecule has 1 aromatic carbocycles. The molecule has 1 heterocycles. The third-order valence-electron chi connectivity index (χ3n) is 3.39. The van der Waals surface area contributed by atoms with E-state index >= 15 is 0 Å². The first-order valence-corrected chi connectivity index (χ1v) is 7.53. The van der Waals surface area contributed by atoms with Crippen LogP contribution in [0, 0.1) is 0 Å². The number of amides is 2. The number of hydrogen-bond donors (Lipinski definition) is 0. The largest absolute Gasteiger partial charge is 0.448 e. The molecular weight excluding hydrogens is 292 g/mol. The number of rotatable bonds is 4. The molecule has 0 unspecified atom stereocenters. The second kappa shape index (κ2) is 7.88. The normalized spacial score (nSPS) is 14.9. The summed E-state index contributed by atoms with van der Waals surface area (Å²) in [6.45, 7) is 2.31. The Bertz CT molecular complexity index is 473. The Hall–Kier alpha value is -1.75. The number of ether oxygens (including phenoxy) is 1. The zero-order valence-electron chi connectivity index (χ0n) is 11.8. The summed E-state index contributed by atoms with van der Waals surface area (Å²) in [4.78, 5) is 27.3. The number of piperazine rings is 1. The fourth-order valence-corrected chi connectivity index (χ4v) is 2.32. The molecule has 0 saturated carbocycles. The van der Waals surface area contributed by atoms with E-state index in [4.69, 9.17) is 16.3 Å². The lowest BCUT2D eigenvalue weighted by atomic mass is 10.1. The van der Waals surface area contributed by atoms with Crippen LogP contribution in [0.25, 0.3) is 0 Å². The highest BCUT2D eigenvalue weighted by Crippen LogP contribution is 2.08. The highest BCUT2D eigenvalue weighted by atomic mass is 35.5. The Morgan fingerprint density at radius 2 is 1.67 bits per heavy atom. The molecule has 1 aromatic rings. The van der Waals surface area contributed by atoms with Gasteiger partial charge in [-0.3, -0.25) is 4.79 Å². The van der Waals surface area contributed by atoms with E-state index in [9.17, 15) is 9.59 Å². The van der Waals surface area contributed by atoms with E-state index < -0.39 is 0 Å². The Labute approximate surface area is 129 Å². The molecule has 6 heteroatoms. The lowest BCUT2D eigenvalue weighted by molar-refractivity contribution is -0.132. The van der Waals surface area contributed by atoms with Crippen molar-refractivity contribution < 1.29 is 14.3 Å². The van der Waals surface area contributed by atoms with Crippen LogP contribution < -0.4 is 0 Å². The second-order valence-electron chi connectivity index (χ2n) is 4.83. The van der Waals surface area contributed by atoms with Gasteiger partial charge in [-0.15, -0.1) is 11.6 Å². The van der Waals surface area contributed by atoms with Crippen LogP contribution in [-0.2, 0) is 16.0 Å². The lowest BCUT2D eigenvalue weighted by Crippen LogP contribution is -2.51. The molecule has 0 radical (unpaired) electrons. The van der Waals surface area contributed by atoms with Gasteiger partial charge in [0.25, 0.3) is 0 Å². The van der Waals surface area contributed by atoms with Crippen molar-refractivity contribution in [3.63, 3.8) is 0 Å². The third-order valence-corrected chi connectivity index (χ3v) is 3.55. The number of alkyl halides is 1. The molecule has 5 nitrogen and oxygen atoms in total. The first-order valence-electron chi connectivity index (χ1n) is 7.00. The molecule has 2 rings (SSSR count). The van der Waals surface area contributed by atoms with E-state index in [1.54, 1.807) is 9.80 Å². The van der Waals surface area contributed by atoms with Crippen LogP contribution in [0.15, 0.2) is 30.3 Å². The van der Waals surface area contributed by atoms with Gasteiger partial charge < -0.3 is 14.5 Å². The smallest absolute Gasteiger partial charge is 0.409 e. The van der Waals surface area contributed by atoms with Gasteiger partial charge in [-0.05, 0) is 5.56 Å². The predicted molar refractivity (Wildman–Crippen MR) is 80.4 cm³/mol. The van der Waals surface area contributed by atoms with Crippen LogP contribution in [0.4, 0.5) is 4.79 Å². The molecule has 0 bridgehead atoms. The maximum atomic E-state index is 12.2. The molecule has 0 atom stereocenters. The lowest BCUT2D eigenvalue weighted by Gasteiger charge is -2.34. The van der Waals surface area contributed by atoms with Crippen molar-refractivity contribution in [1.29, 1.82) is 0 Å². The molecule has 1 aliphatic heterocycles. The Kier molecular flexibility index (Phi) is 5.87. The van der Waals surface area contributed by atoms with E-state index in [0.29, 0.717) is 38.5 Å². The number of carbonyl (C=O) groups excluding carboxylic acids is 2. The van der Waals surface area contributed by atoms with Crippen molar-refractivity contribution in [2.45, 2.75) is 6.42 Å². The predicted octanol–water partition coefficient (Wildman–Crippen LogP) is 1.75. The molecule has 21 heavy (non-hydrogen) atoms. The van der Waals surface area contributed by atoms with Gasteiger partial charge in [0.15, 0.2) is 0 Å². The minimum absolute atomic E-state index is 0.0926. The first-order chi connectivity index (χ1) is 10.2. The summed E-state index contributed by atoms with van der Waals surface area (Å²) in [5.74, 6) is 0.385. The van der Waals surface area contributed by atoms with Crippen LogP contribution in [0.2, 0.25) is 0 Å². The zero-order valence-corrected chi connectivity index (χ0v) is 12.6. The number of carbonyl (C=O) groups is 2. The molecule has 0 aromatic heterocycles. The van der Waals surface area contributed by atoms with Gasteiger partial charge in [-0.1, -0.05) is 30.3 Å². The SMILES string of the molecule is O=C(Cc1ccccc1)N1CCN(C(=O)OCCCl)CC1. The van der Waals surface area contributed by atoms with Gasteiger partial charge in [0, 0.05) is 26.2 Å². The van der Waals surface area contributed by atoms with Crippen molar-refractivity contribution in [1.82, 2.24) is 9.80 Å². The number of benzene rings is 1. The molecule has 0 spiro atoms. The molecular formula is C15H19ClN2O3. The fraction of sp³-hybridized carbons (Fsp3) is 0.467. The summed E-state index contributed by atoms with van der Waals surface area (Å²) >= 11 is 5.48. The quantitative estimate of drug-likeness (QED) is 0.796. The Morgan fingerprint density at radius 1 is 1.05 bits per heavy atom. The van der Waals surface area contributed by atoms with Crippen molar-refractivity contribution in [3.05, 3.63) is 35.9 Å². The summed E-state index contributed by atoms with van der Waals surface area (Å²) < 4.78 is 4.97. The molecule has 2 amide bonds. The summed E-state index contributed by atoms with van der Waals surface area (Å²) in [6.07, 6.45) is 0.0446.